The van der Waals surface area contributed by atoms with Crippen LogP contribution in [0.15, 0.2) is 23.2 Å². The standard InChI is InChI=1S/C16H17ClN4O3S2/c1-21-15(18)20-16(7-24-6-12(16)26-21)13-8(17)5-11(25-13)9-3-4-10(19-9)14(22)23-2/h3-5,12,19H,6-7H2,1-2H3,(H2,18,20). The normalized spacial score (nSPS) is 25.1. The fourth-order valence-corrected chi connectivity index (χ4v) is 5.96. The Morgan fingerprint density at radius 2 is 2.38 bits per heavy atom. The van der Waals surface area contributed by atoms with E-state index in [1.165, 1.54) is 18.4 Å². The zero-order valence-corrected chi connectivity index (χ0v) is 16.5. The van der Waals surface area contributed by atoms with E-state index < -0.39 is 11.5 Å². The van der Waals surface area contributed by atoms with Gasteiger partial charge in [0, 0.05) is 7.05 Å². The number of fused-ring (bicyclic) bond motifs is 1. The van der Waals surface area contributed by atoms with E-state index in [4.69, 9.17) is 31.8 Å². The van der Waals surface area contributed by atoms with Crippen molar-refractivity contribution < 1.29 is 14.3 Å². The number of aliphatic imine (C=N–C) groups is 1. The molecule has 0 radical (unpaired) electrons. The number of methoxy groups -OCH3 is 1. The lowest BCUT2D eigenvalue weighted by Gasteiger charge is -2.36. The maximum Gasteiger partial charge on any atom is 0.354 e. The van der Waals surface area contributed by atoms with Gasteiger partial charge < -0.3 is 20.2 Å². The number of thiophene rings is 1. The molecule has 2 aromatic rings. The molecular weight excluding hydrogens is 396 g/mol. The first-order valence-electron chi connectivity index (χ1n) is 7.85. The van der Waals surface area contributed by atoms with Gasteiger partial charge in [0.05, 0.1) is 46.0 Å². The molecule has 2 aliphatic rings. The van der Waals surface area contributed by atoms with Crippen LogP contribution >= 0.6 is 34.9 Å². The molecule has 2 unspecified atom stereocenters. The predicted octanol–water partition coefficient (Wildman–Crippen LogP) is 2.69. The molecule has 1 saturated heterocycles. The van der Waals surface area contributed by atoms with E-state index >= 15 is 0 Å². The Hall–Kier alpha value is -1.68. The van der Waals surface area contributed by atoms with Crippen molar-refractivity contribution in [3.05, 3.63) is 33.8 Å². The van der Waals surface area contributed by atoms with E-state index in [0.717, 1.165) is 15.4 Å². The molecule has 0 aliphatic carbocycles. The molecule has 4 heterocycles. The first-order valence-corrected chi connectivity index (χ1v) is 9.89. The van der Waals surface area contributed by atoms with Gasteiger partial charge in [0.15, 0.2) is 0 Å². The van der Waals surface area contributed by atoms with Crippen LogP contribution in [0.1, 0.15) is 15.4 Å². The molecule has 7 nitrogen and oxygen atoms in total. The number of halogens is 1. The molecule has 1 fully saturated rings. The SMILES string of the molecule is COC(=O)c1ccc(-c2cc(Cl)c(C34COCC3SN(C)C(N)=N4)s2)[nH]1. The lowest BCUT2D eigenvalue weighted by Crippen LogP contribution is -2.46. The van der Waals surface area contributed by atoms with Gasteiger partial charge in [0.2, 0.25) is 5.96 Å². The first kappa shape index (κ1) is 17.7. The van der Waals surface area contributed by atoms with E-state index in [1.54, 1.807) is 18.0 Å². The van der Waals surface area contributed by atoms with Crippen molar-refractivity contribution in [3.8, 4) is 10.6 Å². The number of nitrogens with two attached hydrogens (primary N) is 1. The number of carbonyl (C=O) groups is 1. The van der Waals surface area contributed by atoms with E-state index in [0.29, 0.717) is 29.9 Å². The van der Waals surface area contributed by atoms with Crippen LogP contribution < -0.4 is 5.73 Å². The minimum absolute atomic E-state index is 0.109. The van der Waals surface area contributed by atoms with Crippen molar-refractivity contribution in [2.24, 2.45) is 10.7 Å². The Bertz CT molecular complexity index is 896. The predicted molar refractivity (Wildman–Crippen MR) is 104 cm³/mol. The monoisotopic (exact) mass is 412 g/mol. The highest BCUT2D eigenvalue weighted by Crippen LogP contribution is 2.51. The van der Waals surface area contributed by atoms with E-state index in [9.17, 15) is 4.79 Å². The number of rotatable bonds is 3. The second-order valence-corrected chi connectivity index (χ2v) is 8.85. The third-order valence-corrected chi connectivity index (χ3v) is 7.51. The molecule has 2 aromatic heterocycles. The highest BCUT2D eigenvalue weighted by molar-refractivity contribution is 7.98. The summed E-state index contributed by atoms with van der Waals surface area (Å²) >= 11 is 9.73. The van der Waals surface area contributed by atoms with Crippen LogP contribution in [-0.4, -0.2) is 53.8 Å². The summed E-state index contributed by atoms with van der Waals surface area (Å²) in [5.41, 5.74) is 6.69. The minimum Gasteiger partial charge on any atom is -0.464 e. The summed E-state index contributed by atoms with van der Waals surface area (Å²) in [7, 11) is 3.24. The highest BCUT2D eigenvalue weighted by Gasteiger charge is 2.52. The highest BCUT2D eigenvalue weighted by atomic mass is 35.5. The molecule has 0 bridgehead atoms. The van der Waals surface area contributed by atoms with Crippen LogP contribution in [0, 0.1) is 0 Å². The van der Waals surface area contributed by atoms with Gasteiger partial charge in [-0.05, 0) is 30.1 Å². The third-order valence-electron chi connectivity index (χ3n) is 4.48. The molecular formula is C16H17ClN4O3S2. The number of hydrogen-bond acceptors (Lipinski definition) is 8. The first-order chi connectivity index (χ1) is 12.4. The summed E-state index contributed by atoms with van der Waals surface area (Å²) in [6, 6.07) is 5.41. The number of guanidine groups is 1. The molecule has 3 N–H and O–H groups in total. The molecule has 4 rings (SSSR count). The maximum atomic E-state index is 11.7. The Morgan fingerprint density at radius 1 is 1.58 bits per heavy atom. The van der Waals surface area contributed by atoms with Crippen molar-refractivity contribution in [3.63, 3.8) is 0 Å². The summed E-state index contributed by atoms with van der Waals surface area (Å²) in [6.45, 7) is 1.03. The van der Waals surface area contributed by atoms with Gasteiger partial charge in [-0.25, -0.2) is 9.79 Å². The fraction of sp³-hybridized carbons (Fsp3) is 0.375. The van der Waals surface area contributed by atoms with Gasteiger partial charge in [-0.15, -0.1) is 11.3 Å². The maximum absolute atomic E-state index is 11.7. The van der Waals surface area contributed by atoms with Crippen LogP contribution in [0.25, 0.3) is 10.6 Å². The average molecular weight is 413 g/mol. The number of ether oxygens (including phenoxy) is 2. The second-order valence-electron chi connectivity index (χ2n) is 6.07. The van der Waals surface area contributed by atoms with Crippen molar-refractivity contribution in [1.29, 1.82) is 0 Å². The third kappa shape index (κ3) is 2.70. The summed E-state index contributed by atoms with van der Waals surface area (Å²) in [5.74, 6) is 0.0432. The summed E-state index contributed by atoms with van der Waals surface area (Å²) in [6.07, 6.45) is 0. The zero-order chi connectivity index (χ0) is 18.5. The van der Waals surface area contributed by atoms with E-state index in [2.05, 4.69) is 4.98 Å². The number of carbonyl (C=O) groups excluding carboxylic acids is 1. The Kier molecular flexibility index (Phi) is 4.42. The molecule has 138 valence electrons. The largest absolute Gasteiger partial charge is 0.464 e. The average Bonchev–Trinajstić information content (AvgIpc) is 3.33. The second kappa shape index (κ2) is 6.49. The Balaban J connectivity index is 1.75. The topological polar surface area (TPSA) is 92.9 Å². The van der Waals surface area contributed by atoms with Gasteiger partial charge in [-0.2, -0.15) is 0 Å². The molecule has 26 heavy (non-hydrogen) atoms. The van der Waals surface area contributed by atoms with Gasteiger partial charge in [-0.3, -0.25) is 4.31 Å². The van der Waals surface area contributed by atoms with Crippen LogP contribution in [-0.2, 0) is 15.0 Å². The number of esters is 1. The number of aromatic amines is 1. The van der Waals surface area contributed by atoms with Gasteiger partial charge in [0.25, 0.3) is 0 Å². The van der Waals surface area contributed by atoms with E-state index in [-0.39, 0.29) is 5.25 Å². The smallest absolute Gasteiger partial charge is 0.354 e. The lowest BCUT2D eigenvalue weighted by atomic mass is 9.96. The van der Waals surface area contributed by atoms with Gasteiger partial charge >= 0.3 is 5.97 Å². The van der Waals surface area contributed by atoms with Crippen LogP contribution in [0.3, 0.4) is 0 Å². The molecule has 0 spiro atoms. The van der Waals surface area contributed by atoms with Crippen molar-refractivity contribution in [1.82, 2.24) is 9.29 Å². The number of aromatic nitrogens is 1. The Labute approximate surface area is 163 Å². The lowest BCUT2D eigenvalue weighted by molar-refractivity contribution is 0.0595. The number of nitrogens with zero attached hydrogens (tertiary/aromatic N) is 2. The molecule has 0 saturated carbocycles. The molecule has 2 aliphatic heterocycles. The quantitative estimate of drug-likeness (QED) is 0.594. The number of hydrogen-bond donors (Lipinski definition) is 2. The molecule has 0 amide bonds. The molecule has 2 atom stereocenters. The van der Waals surface area contributed by atoms with Crippen molar-refractivity contribution in [2.75, 3.05) is 27.4 Å². The number of H-pyrrole nitrogens is 1. The fourth-order valence-electron chi connectivity index (χ4n) is 3.12. The summed E-state index contributed by atoms with van der Waals surface area (Å²) < 4.78 is 12.3. The summed E-state index contributed by atoms with van der Waals surface area (Å²) in [4.78, 5) is 21.3. The van der Waals surface area contributed by atoms with Crippen molar-refractivity contribution >= 4 is 46.8 Å². The summed E-state index contributed by atoms with van der Waals surface area (Å²) in [5, 5.41) is 0.731. The minimum atomic E-state index is -0.584. The van der Waals surface area contributed by atoms with Gasteiger partial charge in [-0.1, -0.05) is 11.6 Å². The number of nitrogens with one attached hydrogen (secondary N) is 1. The van der Waals surface area contributed by atoms with Crippen LogP contribution in [0.5, 0.6) is 0 Å². The molecule has 10 heteroatoms. The van der Waals surface area contributed by atoms with E-state index in [1.807, 2.05) is 23.5 Å². The van der Waals surface area contributed by atoms with Crippen LogP contribution in [0.4, 0.5) is 0 Å². The van der Waals surface area contributed by atoms with Gasteiger partial charge in [0.1, 0.15) is 11.2 Å². The van der Waals surface area contributed by atoms with Crippen LogP contribution in [0.2, 0.25) is 5.02 Å². The molecule has 0 aromatic carbocycles. The van der Waals surface area contributed by atoms with Crippen molar-refractivity contribution in [2.45, 2.75) is 10.8 Å². The Morgan fingerprint density at radius 3 is 3.15 bits per heavy atom. The zero-order valence-electron chi connectivity index (χ0n) is 14.1.